The summed E-state index contributed by atoms with van der Waals surface area (Å²) in [6, 6.07) is 108. The number of aromatic nitrogens is 7. The molecule has 616 valence electrons. The van der Waals surface area contributed by atoms with Crippen LogP contribution in [0.25, 0.3) is 221 Å². The van der Waals surface area contributed by atoms with E-state index in [9.17, 15) is 0 Å². The first-order chi connectivity index (χ1) is 64.8. The average molecular weight is 1670 g/mol. The Kier molecular flexibility index (Phi) is 18.4. The van der Waals surface area contributed by atoms with Crippen LogP contribution in [0.4, 0.5) is 0 Å². The van der Waals surface area contributed by atoms with Crippen LogP contribution in [0, 0.1) is 55.2 Å². The Labute approximate surface area is 750 Å². The lowest BCUT2D eigenvalue weighted by molar-refractivity contribution is -0.660. The number of benzene rings is 13. The predicted molar refractivity (Wildman–Crippen MR) is 524 cm³/mol. The molecular formula is C117H93N7O4+4. The quantitative estimate of drug-likeness (QED) is 0.140. The minimum absolute atomic E-state index is 0.327. The van der Waals surface area contributed by atoms with E-state index in [-0.39, 0.29) is 0 Å². The number of pyridine rings is 7. The molecule has 11 aromatic heterocycles. The van der Waals surface area contributed by atoms with Crippen molar-refractivity contribution in [2.75, 3.05) is 0 Å². The van der Waals surface area contributed by atoms with E-state index in [4.69, 9.17) is 35.9 Å². The monoisotopic (exact) mass is 1670 g/mol. The van der Waals surface area contributed by atoms with Crippen LogP contribution < -0.4 is 18.3 Å². The predicted octanol–water partition coefficient (Wildman–Crippen LogP) is 28.2. The van der Waals surface area contributed by atoms with E-state index in [1.54, 1.807) is 12.4 Å². The first-order valence-electron chi connectivity index (χ1n) is 46.1. The van der Waals surface area contributed by atoms with E-state index in [0.29, 0.717) is 39.4 Å². The summed E-state index contributed by atoms with van der Waals surface area (Å²) in [6.45, 7) is 8.07. The highest BCUT2D eigenvalue weighted by Gasteiger charge is 2.27. The number of aryl methyl sites for hydroxylation is 12. The van der Waals surface area contributed by atoms with Gasteiger partial charge in [-0.15, -0.1) is 0 Å². The van der Waals surface area contributed by atoms with E-state index in [1.807, 2.05) is 152 Å². The molecule has 0 saturated carbocycles. The molecule has 24 rings (SSSR count). The van der Waals surface area contributed by atoms with Crippen LogP contribution >= 0.6 is 0 Å². The van der Waals surface area contributed by atoms with Crippen LogP contribution in [0.2, 0.25) is 0 Å². The van der Waals surface area contributed by atoms with Crippen LogP contribution in [-0.4, -0.2) is 15.0 Å². The SMILES string of the molecule is Cc1cc2c(cc1-c1cc(-c3ccccc3)cc[n+]1C)oc1nc(C)c3ccccc3c12.Cc1cc2oc3ccc4ccccc4c3c2cc1-c1cc(-c2ccccc2)cc[n+]1C.[2H]C([2H])([2H])c1c[n+](C)c(-c2cc3oc4nc(C)c5ccccc5c4c3cc2C)cc1-c1ccccc1.[2H]C([2H])([2H])c1c[n+](C)c(-c2cc3oc4ncc5ccccc5c4c3cc2C)cc1-c1ccccc1. The van der Waals surface area contributed by atoms with Gasteiger partial charge in [-0.05, 0) is 204 Å². The molecule has 0 aliphatic rings. The summed E-state index contributed by atoms with van der Waals surface area (Å²) in [6.07, 6.45) is 9.56. The van der Waals surface area contributed by atoms with Crippen molar-refractivity contribution < 1.29 is 44.2 Å². The Morgan fingerprint density at radius 3 is 1.05 bits per heavy atom. The van der Waals surface area contributed by atoms with Crippen LogP contribution in [0.5, 0.6) is 0 Å². The second-order valence-electron chi connectivity index (χ2n) is 33.6. The molecular weight excluding hydrogens is 1570 g/mol. The molecule has 13 aromatic carbocycles. The molecule has 0 amide bonds. The van der Waals surface area contributed by atoms with Gasteiger partial charge in [0.2, 0.25) is 39.9 Å². The molecule has 0 atom stereocenters. The van der Waals surface area contributed by atoms with Crippen molar-refractivity contribution in [1.82, 2.24) is 15.0 Å². The molecule has 11 heterocycles. The van der Waals surface area contributed by atoms with Gasteiger partial charge in [0.05, 0.1) is 32.8 Å². The molecule has 0 bridgehead atoms. The summed E-state index contributed by atoms with van der Waals surface area (Å²) in [5.74, 6) is 0. The molecule has 0 fully saturated rings. The van der Waals surface area contributed by atoms with Gasteiger partial charge in [-0.1, -0.05) is 224 Å². The molecule has 11 heteroatoms. The van der Waals surface area contributed by atoms with Crippen LogP contribution in [0.3, 0.4) is 0 Å². The second kappa shape index (κ2) is 32.4. The normalized spacial score (nSPS) is 12.5. The maximum absolute atomic E-state index is 8.13. The van der Waals surface area contributed by atoms with Gasteiger partial charge < -0.3 is 17.7 Å². The van der Waals surface area contributed by atoms with Crippen LogP contribution in [0.15, 0.2) is 364 Å². The summed E-state index contributed by atoms with van der Waals surface area (Å²) in [7, 11) is 7.97. The maximum atomic E-state index is 8.13. The first-order valence-corrected chi connectivity index (χ1v) is 43.1. The van der Waals surface area contributed by atoms with Crippen LogP contribution in [0.1, 0.15) is 53.0 Å². The van der Waals surface area contributed by atoms with Crippen molar-refractivity contribution in [1.29, 1.82) is 0 Å². The van der Waals surface area contributed by atoms with Crippen molar-refractivity contribution in [3.63, 3.8) is 0 Å². The lowest BCUT2D eigenvalue weighted by atomic mass is 9.96. The molecule has 0 aliphatic carbocycles. The molecule has 0 saturated heterocycles. The zero-order valence-electron chi connectivity index (χ0n) is 78.7. The Hall–Kier alpha value is -15.9. The molecule has 0 aliphatic heterocycles. The number of fused-ring (bicyclic) bond motifs is 20. The fourth-order valence-electron chi connectivity index (χ4n) is 18.8. The fourth-order valence-corrected chi connectivity index (χ4v) is 18.8. The molecule has 0 radical (unpaired) electrons. The van der Waals surface area contributed by atoms with Crippen molar-refractivity contribution in [2.24, 2.45) is 28.2 Å². The lowest BCUT2D eigenvalue weighted by Gasteiger charge is -2.10. The van der Waals surface area contributed by atoms with Gasteiger partial charge in [-0.25, -0.2) is 33.2 Å². The highest BCUT2D eigenvalue weighted by molar-refractivity contribution is 6.22. The van der Waals surface area contributed by atoms with Crippen LogP contribution in [-0.2, 0) is 28.2 Å². The van der Waals surface area contributed by atoms with E-state index >= 15 is 0 Å². The second-order valence-corrected chi connectivity index (χ2v) is 33.6. The highest BCUT2D eigenvalue weighted by atomic mass is 16.3. The average Bonchev–Trinajstić information content (AvgIpc) is 1.60. The Bertz CT molecular complexity index is 8850. The molecule has 128 heavy (non-hydrogen) atoms. The molecule has 24 aromatic rings. The standard InChI is InChI=1S/C30H25N2O.2C29H23N2O.C29H22NO/c1-18-14-26-28(33-30-29(26)23-13-9-8-12-22(23)20(3)31-30)16-25(18)27-15-24(19(2)17-32(27)4)21-10-6-5-7-11-21;1-18-13-25-27(32-29-28(25)22-12-8-7-11-21(22)16-30-29)15-24(18)26-14-23(19(2)17-31(26)3)20-9-5-4-6-10-20;1-18-15-25-27(32-29-28(25)23-12-8-7-11-22(23)19(2)30-29)17-24(18)26-16-21(13-14-31(26)3)20-9-5-4-6-10-20;1-19-16-28-25(29-23-11-7-6-10-21(23)12-13-27(29)31-28)18-24(19)26-17-22(14-15-30(26)2)20-8-4-3-5-9-20/h5-17H,1-4H3;2*4-17H,1-3H3;3-18H,1-2H3/q4*+1/i2*2D3;;. The minimum Gasteiger partial charge on any atom is -0.456 e. The smallest absolute Gasteiger partial charge is 0.228 e. The number of furan rings is 4. The summed E-state index contributed by atoms with van der Waals surface area (Å²) in [5, 5.41) is 17.9. The summed E-state index contributed by atoms with van der Waals surface area (Å²) < 4.78 is 81.9. The van der Waals surface area contributed by atoms with Crippen molar-refractivity contribution in [3.8, 4) is 89.5 Å². The first kappa shape index (κ1) is 72.6. The van der Waals surface area contributed by atoms with E-state index < -0.39 is 13.7 Å². The van der Waals surface area contributed by atoms with Gasteiger partial charge in [0.25, 0.3) is 0 Å². The van der Waals surface area contributed by atoms with Gasteiger partial charge in [-0.3, -0.25) is 0 Å². The zero-order chi connectivity index (χ0) is 92.3. The number of rotatable bonds is 8. The molecule has 0 unspecified atom stereocenters. The number of hydrogen-bond donors (Lipinski definition) is 0. The molecule has 0 spiro atoms. The summed E-state index contributed by atoms with van der Waals surface area (Å²) in [4.78, 5) is 14.1. The fraction of sp³-hybridized carbons (Fsp3) is 0.103. The summed E-state index contributed by atoms with van der Waals surface area (Å²) >= 11 is 0. The molecule has 11 nitrogen and oxygen atoms in total. The topological polar surface area (TPSA) is 107 Å². The Morgan fingerprint density at radius 1 is 0.242 bits per heavy atom. The minimum atomic E-state index is -2.23. The number of hydrogen-bond acceptors (Lipinski definition) is 7. The third-order valence-corrected chi connectivity index (χ3v) is 25.4. The van der Waals surface area contributed by atoms with Crippen molar-refractivity contribution in [2.45, 2.75) is 55.2 Å². The van der Waals surface area contributed by atoms with E-state index in [2.05, 4.69) is 275 Å². The Morgan fingerprint density at radius 2 is 0.594 bits per heavy atom. The van der Waals surface area contributed by atoms with Gasteiger partial charge in [0.1, 0.15) is 56.1 Å². The largest absolute Gasteiger partial charge is 0.456 e. The van der Waals surface area contributed by atoms with E-state index in [0.717, 1.165) is 155 Å². The highest BCUT2D eigenvalue weighted by Crippen LogP contribution is 2.45. The van der Waals surface area contributed by atoms with Crippen molar-refractivity contribution >= 4 is 131 Å². The Balaban J connectivity index is 0.000000107. The van der Waals surface area contributed by atoms with Gasteiger partial charge in [-0.2, -0.15) is 0 Å². The summed E-state index contributed by atoms with van der Waals surface area (Å²) in [5.41, 5.74) is 29.9. The lowest BCUT2D eigenvalue weighted by Crippen LogP contribution is -2.31. The maximum Gasteiger partial charge on any atom is 0.228 e. The third-order valence-electron chi connectivity index (χ3n) is 25.4. The van der Waals surface area contributed by atoms with E-state index in [1.165, 1.54) is 71.6 Å². The van der Waals surface area contributed by atoms with Gasteiger partial charge in [0, 0.05) is 122 Å². The van der Waals surface area contributed by atoms with Crippen molar-refractivity contribution in [3.05, 3.63) is 391 Å². The zero-order valence-corrected chi connectivity index (χ0v) is 72.7. The van der Waals surface area contributed by atoms with Gasteiger partial charge >= 0.3 is 0 Å². The molecule has 0 N–H and O–H groups in total. The third kappa shape index (κ3) is 14.2. The number of nitrogens with zero attached hydrogens (tertiary/aromatic N) is 7. The van der Waals surface area contributed by atoms with Gasteiger partial charge in [0.15, 0.2) is 24.8 Å².